The van der Waals surface area contributed by atoms with Gasteiger partial charge >= 0.3 is 0 Å². The first-order valence-electron chi connectivity index (χ1n) is 5.11. The first kappa shape index (κ1) is 10.0. The van der Waals surface area contributed by atoms with Crippen LogP contribution >= 0.6 is 0 Å². The molecule has 1 saturated heterocycles. The van der Waals surface area contributed by atoms with E-state index in [4.69, 9.17) is 5.73 Å². The van der Waals surface area contributed by atoms with Gasteiger partial charge in [0.05, 0.1) is 0 Å². The lowest BCUT2D eigenvalue weighted by atomic mass is 9.89. The molecule has 0 aromatic rings. The molecule has 1 rings (SSSR count). The molecule has 1 aliphatic rings. The summed E-state index contributed by atoms with van der Waals surface area (Å²) in [5, 5.41) is 0. The highest BCUT2D eigenvalue weighted by Crippen LogP contribution is 2.21. The van der Waals surface area contributed by atoms with Gasteiger partial charge in [-0.1, -0.05) is 6.92 Å². The molecule has 2 heteroatoms. The Bertz CT molecular complexity index is 125. The van der Waals surface area contributed by atoms with Crippen LogP contribution in [0.1, 0.15) is 26.2 Å². The molecule has 0 saturated carbocycles. The highest BCUT2D eigenvalue weighted by atomic mass is 15.1. The van der Waals surface area contributed by atoms with Crippen molar-refractivity contribution in [3.05, 3.63) is 0 Å². The van der Waals surface area contributed by atoms with Crippen molar-refractivity contribution in [2.24, 2.45) is 17.6 Å². The third-order valence-electron chi connectivity index (χ3n) is 2.86. The standard InChI is InChI=1S/C10H22N2/c1-9(7-11)6-10-4-3-5-12(2)8-10/h9-10H,3-8,11H2,1-2H3. The molecular weight excluding hydrogens is 148 g/mol. The summed E-state index contributed by atoms with van der Waals surface area (Å²) < 4.78 is 0. The van der Waals surface area contributed by atoms with Gasteiger partial charge in [0.25, 0.3) is 0 Å². The SMILES string of the molecule is CC(CN)CC1CCCN(C)C1. The normalized spacial score (nSPS) is 28.8. The monoisotopic (exact) mass is 170 g/mol. The Morgan fingerprint density at radius 2 is 2.33 bits per heavy atom. The van der Waals surface area contributed by atoms with E-state index < -0.39 is 0 Å². The minimum absolute atomic E-state index is 0.710. The Balaban J connectivity index is 2.22. The minimum Gasteiger partial charge on any atom is -0.330 e. The quantitative estimate of drug-likeness (QED) is 0.692. The van der Waals surface area contributed by atoms with Crippen LogP contribution in [-0.2, 0) is 0 Å². The lowest BCUT2D eigenvalue weighted by molar-refractivity contribution is 0.188. The van der Waals surface area contributed by atoms with Crippen LogP contribution in [0.15, 0.2) is 0 Å². The van der Waals surface area contributed by atoms with Crippen molar-refractivity contribution in [3.8, 4) is 0 Å². The average Bonchev–Trinajstić information content (AvgIpc) is 2.04. The van der Waals surface area contributed by atoms with E-state index in [2.05, 4.69) is 18.9 Å². The molecule has 2 nitrogen and oxygen atoms in total. The molecule has 0 aromatic carbocycles. The maximum atomic E-state index is 5.61. The number of likely N-dealkylation sites (tertiary alicyclic amines) is 1. The summed E-state index contributed by atoms with van der Waals surface area (Å²) in [6.45, 7) is 5.67. The number of nitrogens with two attached hydrogens (primary N) is 1. The summed E-state index contributed by atoms with van der Waals surface area (Å²) in [6, 6.07) is 0. The van der Waals surface area contributed by atoms with Crippen LogP contribution in [0.4, 0.5) is 0 Å². The van der Waals surface area contributed by atoms with E-state index in [0.717, 1.165) is 12.5 Å². The third kappa shape index (κ3) is 3.11. The molecule has 0 aliphatic carbocycles. The van der Waals surface area contributed by atoms with Crippen LogP contribution in [0.3, 0.4) is 0 Å². The average molecular weight is 170 g/mol. The highest BCUT2D eigenvalue weighted by Gasteiger charge is 2.18. The molecule has 72 valence electrons. The lowest BCUT2D eigenvalue weighted by Crippen LogP contribution is -2.33. The molecule has 0 spiro atoms. The first-order valence-corrected chi connectivity index (χ1v) is 5.11. The number of piperidine rings is 1. The van der Waals surface area contributed by atoms with Crippen molar-refractivity contribution in [3.63, 3.8) is 0 Å². The molecule has 1 fully saturated rings. The molecule has 1 aliphatic heterocycles. The van der Waals surface area contributed by atoms with Crippen molar-refractivity contribution in [2.75, 3.05) is 26.7 Å². The van der Waals surface area contributed by atoms with Crippen molar-refractivity contribution in [1.29, 1.82) is 0 Å². The topological polar surface area (TPSA) is 29.3 Å². The second-order valence-electron chi connectivity index (χ2n) is 4.35. The largest absolute Gasteiger partial charge is 0.330 e. The van der Waals surface area contributed by atoms with E-state index in [-0.39, 0.29) is 0 Å². The van der Waals surface area contributed by atoms with Crippen LogP contribution < -0.4 is 5.73 Å². The predicted molar refractivity (Wildman–Crippen MR) is 53.1 cm³/mol. The molecule has 2 atom stereocenters. The van der Waals surface area contributed by atoms with Crippen LogP contribution in [0.25, 0.3) is 0 Å². The van der Waals surface area contributed by atoms with E-state index in [1.54, 1.807) is 0 Å². The second kappa shape index (κ2) is 4.83. The van der Waals surface area contributed by atoms with Crippen molar-refractivity contribution in [2.45, 2.75) is 26.2 Å². The Morgan fingerprint density at radius 3 is 2.92 bits per heavy atom. The predicted octanol–water partition coefficient (Wildman–Crippen LogP) is 1.31. The van der Waals surface area contributed by atoms with Gasteiger partial charge in [-0.2, -0.15) is 0 Å². The van der Waals surface area contributed by atoms with E-state index in [1.807, 2.05) is 0 Å². The molecule has 0 aromatic heterocycles. The van der Waals surface area contributed by atoms with Crippen molar-refractivity contribution >= 4 is 0 Å². The Kier molecular flexibility index (Phi) is 4.02. The van der Waals surface area contributed by atoms with E-state index in [9.17, 15) is 0 Å². The van der Waals surface area contributed by atoms with Crippen LogP contribution in [0.2, 0.25) is 0 Å². The van der Waals surface area contributed by atoms with Gasteiger partial charge in [-0.05, 0) is 51.2 Å². The molecule has 0 amide bonds. The fourth-order valence-electron chi connectivity index (χ4n) is 2.13. The Labute approximate surface area is 76.1 Å². The van der Waals surface area contributed by atoms with Crippen molar-refractivity contribution in [1.82, 2.24) is 4.90 Å². The van der Waals surface area contributed by atoms with Gasteiger partial charge in [-0.25, -0.2) is 0 Å². The second-order valence-corrected chi connectivity index (χ2v) is 4.35. The van der Waals surface area contributed by atoms with Gasteiger partial charge < -0.3 is 10.6 Å². The maximum Gasteiger partial charge on any atom is 0.000672 e. The molecule has 2 N–H and O–H groups in total. The van der Waals surface area contributed by atoms with Crippen LogP contribution in [0, 0.1) is 11.8 Å². The molecule has 1 heterocycles. The molecular formula is C10H22N2. The smallest absolute Gasteiger partial charge is 0.000672 e. The molecule has 0 bridgehead atoms. The summed E-state index contributed by atoms with van der Waals surface area (Å²) in [5.41, 5.74) is 5.61. The van der Waals surface area contributed by atoms with Gasteiger partial charge in [-0.15, -0.1) is 0 Å². The van der Waals surface area contributed by atoms with Gasteiger partial charge in [-0.3, -0.25) is 0 Å². The van der Waals surface area contributed by atoms with Gasteiger partial charge in [0.15, 0.2) is 0 Å². The summed E-state index contributed by atoms with van der Waals surface area (Å²) >= 11 is 0. The summed E-state index contributed by atoms with van der Waals surface area (Å²) in [4.78, 5) is 2.44. The molecule has 12 heavy (non-hydrogen) atoms. The highest BCUT2D eigenvalue weighted by molar-refractivity contribution is 4.72. The zero-order valence-corrected chi connectivity index (χ0v) is 8.42. The third-order valence-corrected chi connectivity index (χ3v) is 2.86. The first-order chi connectivity index (χ1) is 5.72. The summed E-state index contributed by atoms with van der Waals surface area (Å²) in [7, 11) is 2.22. The summed E-state index contributed by atoms with van der Waals surface area (Å²) in [6.07, 6.45) is 4.11. The zero-order valence-electron chi connectivity index (χ0n) is 8.42. The van der Waals surface area contributed by atoms with Gasteiger partial charge in [0.2, 0.25) is 0 Å². The zero-order chi connectivity index (χ0) is 8.97. The van der Waals surface area contributed by atoms with Crippen LogP contribution in [0.5, 0.6) is 0 Å². The summed E-state index contributed by atoms with van der Waals surface area (Å²) in [5.74, 6) is 1.61. The van der Waals surface area contributed by atoms with E-state index in [1.165, 1.54) is 32.4 Å². The number of hydrogen-bond donors (Lipinski definition) is 1. The molecule has 0 radical (unpaired) electrons. The van der Waals surface area contributed by atoms with E-state index in [0.29, 0.717) is 5.92 Å². The fraction of sp³-hybridized carbons (Fsp3) is 1.00. The van der Waals surface area contributed by atoms with Gasteiger partial charge in [0, 0.05) is 6.54 Å². The minimum atomic E-state index is 0.710. The van der Waals surface area contributed by atoms with Crippen LogP contribution in [-0.4, -0.2) is 31.6 Å². The maximum absolute atomic E-state index is 5.61. The number of nitrogens with zero attached hydrogens (tertiary/aromatic N) is 1. The van der Waals surface area contributed by atoms with Crippen molar-refractivity contribution < 1.29 is 0 Å². The molecule has 2 unspecified atom stereocenters. The van der Waals surface area contributed by atoms with Gasteiger partial charge in [0.1, 0.15) is 0 Å². The lowest BCUT2D eigenvalue weighted by Gasteiger charge is -2.31. The Morgan fingerprint density at radius 1 is 1.58 bits per heavy atom. The van der Waals surface area contributed by atoms with E-state index >= 15 is 0 Å². The number of hydrogen-bond acceptors (Lipinski definition) is 2. The fourth-order valence-corrected chi connectivity index (χ4v) is 2.13. The number of rotatable bonds is 3. The Hall–Kier alpha value is -0.0800.